The Labute approximate surface area is 118 Å². The maximum Gasteiger partial charge on any atom is 0.261 e. The highest BCUT2D eigenvalue weighted by Crippen LogP contribution is 2.20. The van der Waals surface area contributed by atoms with Gasteiger partial charge in [-0.2, -0.15) is 5.26 Å². The molecule has 8 heteroatoms. The number of sulfonamides is 1. The Morgan fingerprint density at radius 3 is 2.24 bits per heavy atom. The molecule has 0 unspecified atom stereocenters. The first-order chi connectivity index (χ1) is 9.83. The predicted octanol–water partition coefficient (Wildman–Crippen LogP) is 2.78. The first-order valence-electron chi connectivity index (χ1n) is 5.51. The van der Waals surface area contributed by atoms with Gasteiger partial charge in [-0.15, -0.1) is 0 Å². The fourth-order valence-corrected chi connectivity index (χ4v) is 2.59. The van der Waals surface area contributed by atoms with Gasteiger partial charge < -0.3 is 0 Å². The third-order valence-electron chi connectivity index (χ3n) is 2.54. The van der Waals surface area contributed by atoms with Crippen molar-refractivity contribution >= 4 is 15.7 Å². The molecule has 1 N–H and O–H groups in total. The minimum atomic E-state index is -4.18. The van der Waals surface area contributed by atoms with Gasteiger partial charge in [0.2, 0.25) is 0 Å². The van der Waals surface area contributed by atoms with Crippen molar-refractivity contribution in [3.05, 3.63) is 59.4 Å². The van der Waals surface area contributed by atoms with Crippen LogP contribution in [-0.4, -0.2) is 8.42 Å². The van der Waals surface area contributed by atoms with Crippen molar-refractivity contribution in [1.29, 1.82) is 5.26 Å². The molecule has 4 nitrogen and oxygen atoms in total. The molecule has 0 spiro atoms. The lowest BCUT2D eigenvalue weighted by Gasteiger charge is -2.08. The number of hydrogen-bond donors (Lipinski definition) is 1. The number of halogens is 3. The number of nitriles is 1. The van der Waals surface area contributed by atoms with Gasteiger partial charge in [-0.3, -0.25) is 4.72 Å². The van der Waals surface area contributed by atoms with Crippen molar-refractivity contribution < 1.29 is 21.6 Å². The van der Waals surface area contributed by atoms with Gasteiger partial charge >= 0.3 is 0 Å². The van der Waals surface area contributed by atoms with Crippen LogP contribution in [0.5, 0.6) is 0 Å². The van der Waals surface area contributed by atoms with Crippen LogP contribution in [-0.2, 0) is 10.0 Å². The van der Waals surface area contributed by atoms with E-state index in [1.165, 1.54) is 0 Å². The van der Waals surface area contributed by atoms with Crippen molar-refractivity contribution in [2.45, 2.75) is 4.90 Å². The zero-order valence-corrected chi connectivity index (χ0v) is 11.1. The monoisotopic (exact) mass is 312 g/mol. The molecular weight excluding hydrogens is 305 g/mol. The number of rotatable bonds is 3. The van der Waals surface area contributed by atoms with Crippen LogP contribution in [0.3, 0.4) is 0 Å². The molecule has 0 aliphatic heterocycles. The Hall–Kier alpha value is -2.53. The zero-order chi connectivity index (χ0) is 15.6. The SMILES string of the molecule is N#Cc1cc(NS(=O)(=O)c2ccc(F)c(F)c2)ccc1F. The summed E-state index contributed by atoms with van der Waals surface area (Å²) in [6.07, 6.45) is 0. The van der Waals surface area contributed by atoms with Crippen molar-refractivity contribution in [3.63, 3.8) is 0 Å². The van der Waals surface area contributed by atoms with Gasteiger partial charge in [-0.1, -0.05) is 0 Å². The van der Waals surface area contributed by atoms with Crippen molar-refractivity contribution in [1.82, 2.24) is 0 Å². The van der Waals surface area contributed by atoms with E-state index < -0.39 is 32.4 Å². The maximum atomic E-state index is 13.1. The highest BCUT2D eigenvalue weighted by atomic mass is 32.2. The number of anilines is 1. The number of hydrogen-bond acceptors (Lipinski definition) is 3. The summed E-state index contributed by atoms with van der Waals surface area (Å²) in [7, 11) is -4.18. The molecule has 2 rings (SSSR count). The normalized spacial score (nSPS) is 11.0. The summed E-state index contributed by atoms with van der Waals surface area (Å²) in [6.45, 7) is 0. The molecule has 0 atom stereocenters. The third kappa shape index (κ3) is 3.14. The van der Waals surface area contributed by atoms with E-state index in [1.54, 1.807) is 6.07 Å². The fourth-order valence-electron chi connectivity index (χ4n) is 1.53. The van der Waals surface area contributed by atoms with Crippen LogP contribution in [0.1, 0.15) is 5.56 Å². The van der Waals surface area contributed by atoms with E-state index in [0.717, 1.165) is 24.3 Å². The standard InChI is InChI=1S/C13H7F3N2O2S/c14-11-3-1-9(5-8(11)7-17)18-21(19,20)10-2-4-12(15)13(16)6-10/h1-6,18H. The largest absolute Gasteiger partial charge is 0.280 e. The van der Waals surface area contributed by atoms with Crippen LogP contribution >= 0.6 is 0 Å². The Balaban J connectivity index is 2.37. The second-order valence-corrected chi connectivity index (χ2v) is 5.67. The molecule has 0 aliphatic rings. The van der Waals surface area contributed by atoms with E-state index in [-0.39, 0.29) is 11.3 Å². The van der Waals surface area contributed by atoms with Gasteiger partial charge in [-0.05, 0) is 36.4 Å². The molecule has 0 bridgehead atoms. The molecular formula is C13H7F3N2O2S. The molecule has 0 radical (unpaired) electrons. The van der Waals surface area contributed by atoms with E-state index in [0.29, 0.717) is 12.1 Å². The summed E-state index contributed by atoms with van der Waals surface area (Å²) in [6, 6.07) is 6.65. The van der Waals surface area contributed by atoms with Gasteiger partial charge in [-0.25, -0.2) is 21.6 Å². The van der Waals surface area contributed by atoms with Gasteiger partial charge in [0.05, 0.1) is 16.1 Å². The Bertz CT molecular complexity index is 845. The molecule has 0 saturated carbocycles. The first-order valence-corrected chi connectivity index (χ1v) is 6.99. The summed E-state index contributed by atoms with van der Waals surface area (Å²) in [5.74, 6) is -3.29. The van der Waals surface area contributed by atoms with Crippen molar-refractivity contribution in [2.24, 2.45) is 0 Å². The van der Waals surface area contributed by atoms with Gasteiger partial charge in [0.1, 0.15) is 11.9 Å². The zero-order valence-electron chi connectivity index (χ0n) is 10.3. The summed E-state index contributed by atoms with van der Waals surface area (Å²) in [5.41, 5.74) is -0.418. The molecule has 0 aromatic heterocycles. The number of benzene rings is 2. The number of nitrogens with zero attached hydrogens (tertiary/aromatic N) is 1. The average Bonchev–Trinajstić information content (AvgIpc) is 2.43. The predicted molar refractivity (Wildman–Crippen MR) is 68.3 cm³/mol. The van der Waals surface area contributed by atoms with E-state index in [9.17, 15) is 21.6 Å². The summed E-state index contributed by atoms with van der Waals surface area (Å²) >= 11 is 0. The lowest BCUT2D eigenvalue weighted by Crippen LogP contribution is -2.13. The van der Waals surface area contributed by atoms with Gasteiger partial charge in [0.25, 0.3) is 10.0 Å². The van der Waals surface area contributed by atoms with Gasteiger partial charge in [0, 0.05) is 0 Å². The Kier molecular flexibility index (Phi) is 3.86. The second-order valence-electron chi connectivity index (χ2n) is 3.99. The molecule has 21 heavy (non-hydrogen) atoms. The minimum Gasteiger partial charge on any atom is -0.280 e. The maximum absolute atomic E-state index is 13.1. The fraction of sp³-hybridized carbons (Fsp3) is 0. The molecule has 2 aromatic rings. The highest BCUT2D eigenvalue weighted by molar-refractivity contribution is 7.92. The molecule has 0 heterocycles. The quantitative estimate of drug-likeness (QED) is 0.947. The minimum absolute atomic E-state index is 0.0716. The van der Waals surface area contributed by atoms with Crippen LogP contribution in [0.15, 0.2) is 41.3 Å². The van der Waals surface area contributed by atoms with Crippen LogP contribution in [0.25, 0.3) is 0 Å². The molecule has 2 aromatic carbocycles. The summed E-state index contributed by atoms with van der Waals surface area (Å²) in [4.78, 5) is -0.496. The molecule has 0 fully saturated rings. The summed E-state index contributed by atoms with van der Waals surface area (Å²) in [5, 5.41) is 8.67. The molecule has 108 valence electrons. The van der Waals surface area contributed by atoms with Crippen LogP contribution < -0.4 is 4.72 Å². The smallest absolute Gasteiger partial charge is 0.261 e. The van der Waals surface area contributed by atoms with E-state index in [1.807, 2.05) is 4.72 Å². The van der Waals surface area contributed by atoms with Crippen LogP contribution in [0.2, 0.25) is 0 Å². The topological polar surface area (TPSA) is 70.0 Å². The van der Waals surface area contributed by atoms with Crippen molar-refractivity contribution in [2.75, 3.05) is 4.72 Å². The Morgan fingerprint density at radius 2 is 1.62 bits per heavy atom. The van der Waals surface area contributed by atoms with Crippen LogP contribution in [0.4, 0.5) is 18.9 Å². The van der Waals surface area contributed by atoms with E-state index in [4.69, 9.17) is 5.26 Å². The lowest BCUT2D eigenvalue weighted by atomic mass is 10.2. The van der Waals surface area contributed by atoms with Crippen LogP contribution in [0, 0.1) is 28.8 Å². The molecule has 0 aliphatic carbocycles. The van der Waals surface area contributed by atoms with E-state index in [2.05, 4.69) is 0 Å². The first kappa shape index (κ1) is 14.9. The van der Waals surface area contributed by atoms with E-state index >= 15 is 0 Å². The summed E-state index contributed by atoms with van der Waals surface area (Å²) < 4.78 is 65.0. The average molecular weight is 312 g/mol. The van der Waals surface area contributed by atoms with Gasteiger partial charge in [0.15, 0.2) is 11.6 Å². The third-order valence-corrected chi connectivity index (χ3v) is 3.92. The molecule has 0 saturated heterocycles. The van der Waals surface area contributed by atoms with Crippen molar-refractivity contribution in [3.8, 4) is 6.07 Å². The Morgan fingerprint density at radius 1 is 0.952 bits per heavy atom. The highest BCUT2D eigenvalue weighted by Gasteiger charge is 2.17. The number of nitrogens with one attached hydrogen (secondary N) is 1. The molecule has 0 amide bonds. The second kappa shape index (κ2) is 5.46. The lowest BCUT2D eigenvalue weighted by molar-refractivity contribution is 0.504.